The standard InChI is InChI=1S/C9H13ClN2O2/c1-11-5-8(13)6-3-9(14-2)12-4-7(6)10/h3-4,8,11,13H,5H2,1-2H3. The molecule has 1 aromatic heterocycles. The number of likely N-dealkylation sites (N-methyl/N-ethyl adjacent to an activating group) is 1. The summed E-state index contributed by atoms with van der Waals surface area (Å²) in [5.41, 5.74) is 0.618. The van der Waals surface area contributed by atoms with Gasteiger partial charge in [-0.3, -0.25) is 0 Å². The predicted octanol–water partition coefficient (Wildman–Crippen LogP) is 0.996. The lowest BCUT2D eigenvalue weighted by Crippen LogP contribution is -2.17. The predicted molar refractivity (Wildman–Crippen MR) is 54.7 cm³/mol. The first-order valence-corrected chi connectivity index (χ1v) is 4.59. The maximum Gasteiger partial charge on any atom is 0.213 e. The second kappa shape index (κ2) is 5.14. The number of ether oxygens (including phenoxy) is 1. The van der Waals surface area contributed by atoms with Gasteiger partial charge in [-0.05, 0) is 7.05 Å². The molecule has 0 fully saturated rings. The third-order valence-corrected chi connectivity index (χ3v) is 2.14. The molecule has 1 heterocycles. The van der Waals surface area contributed by atoms with Crippen molar-refractivity contribution in [3.05, 3.63) is 22.8 Å². The average molecular weight is 217 g/mol. The van der Waals surface area contributed by atoms with Gasteiger partial charge in [-0.15, -0.1) is 0 Å². The molecule has 14 heavy (non-hydrogen) atoms. The number of hydrogen-bond acceptors (Lipinski definition) is 4. The molecule has 5 heteroatoms. The van der Waals surface area contributed by atoms with Gasteiger partial charge in [-0.1, -0.05) is 11.6 Å². The van der Waals surface area contributed by atoms with Gasteiger partial charge in [0, 0.05) is 24.4 Å². The summed E-state index contributed by atoms with van der Waals surface area (Å²) in [4.78, 5) is 3.91. The largest absolute Gasteiger partial charge is 0.481 e. The SMILES string of the molecule is CNCC(O)c1cc(OC)ncc1Cl. The van der Waals surface area contributed by atoms with Crippen LogP contribution in [0, 0.1) is 0 Å². The monoisotopic (exact) mass is 216 g/mol. The molecule has 1 atom stereocenters. The molecule has 1 aromatic rings. The van der Waals surface area contributed by atoms with E-state index < -0.39 is 6.10 Å². The molecule has 4 nitrogen and oxygen atoms in total. The van der Waals surface area contributed by atoms with Crippen LogP contribution in [-0.2, 0) is 0 Å². The molecule has 0 saturated carbocycles. The van der Waals surface area contributed by atoms with Crippen LogP contribution in [0.1, 0.15) is 11.7 Å². The van der Waals surface area contributed by atoms with Gasteiger partial charge in [0.1, 0.15) is 0 Å². The second-order valence-corrected chi connectivity index (χ2v) is 3.23. The van der Waals surface area contributed by atoms with Crippen molar-refractivity contribution < 1.29 is 9.84 Å². The smallest absolute Gasteiger partial charge is 0.213 e. The van der Waals surface area contributed by atoms with Crippen molar-refractivity contribution in [3.63, 3.8) is 0 Å². The minimum Gasteiger partial charge on any atom is -0.481 e. The molecular formula is C9H13ClN2O2. The summed E-state index contributed by atoms with van der Waals surface area (Å²) in [5, 5.41) is 13.0. The van der Waals surface area contributed by atoms with Crippen molar-refractivity contribution in [2.24, 2.45) is 0 Å². The Hall–Kier alpha value is -0.840. The van der Waals surface area contributed by atoms with Crippen molar-refractivity contribution in [3.8, 4) is 5.88 Å². The van der Waals surface area contributed by atoms with Gasteiger partial charge in [-0.2, -0.15) is 0 Å². The van der Waals surface area contributed by atoms with E-state index >= 15 is 0 Å². The normalized spacial score (nSPS) is 12.6. The fourth-order valence-corrected chi connectivity index (χ4v) is 1.33. The molecule has 0 amide bonds. The van der Waals surface area contributed by atoms with Gasteiger partial charge < -0.3 is 15.2 Å². The van der Waals surface area contributed by atoms with Gasteiger partial charge in [0.15, 0.2) is 0 Å². The van der Waals surface area contributed by atoms with Gasteiger partial charge in [-0.25, -0.2) is 4.98 Å². The van der Waals surface area contributed by atoms with Crippen molar-refractivity contribution in [2.75, 3.05) is 20.7 Å². The third kappa shape index (κ3) is 2.57. The molecule has 0 aliphatic rings. The topological polar surface area (TPSA) is 54.4 Å². The molecule has 2 N–H and O–H groups in total. The third-order valence-electron chi connectivity index (χ3n) is 1.83. The first-order valence-electron chi connectivity index (χ1n) is 4.21. The van der Waals surface area contributed by atoms with E-state index in [1.54, 1.807) is 13.1 Å². The Labute approximate surface area is 87.9 Å². The second-order valence-electron chi connectivity index (χ2n) is 2.82. The zero-order valence-corrected chi connectivity index (χ0v) is 8.88. The number of halogens is 1. The number of hydrogen-bond donors (Lipinski definition) is 2. The van der Waals surface area contributed by atoms with Gasteiger partial charge in [0.05, 0.1) is 18.2 Å². The molecule has 0 aliphatic heterocycles. The quantitative estimate of drug-likeness (QED) is 0.789. The van der Waals surface area contributed by atoms with E-state index in [1.807, 2.05) is 0 Å². The molecule has 0 saturated heterocycles. The molecular weight excluding hydrogens is 204 g/mol. The zero-order chi connectivity index (χ0) is 10.6. The maximum absolute atomic E-state index is 9.69. The summed E-state index contributed by atoms with van der Waals surface area (Å²) in [7, 11) is 3.28. The number of nitrogens with one attached hydrogen (secondary N) is 1. The van der Waals surface area contributed by atoms with Crippen molar-refractivity contribution in [1.82, 2.24) is 10.3 Å². The van der Waals surface area contributed by atoms with Crippen LogP contribution in [0.4, 0.5) is 0 Å². The summed E-state index contributed by atoms with van der Waals surface area (Å²) in [6.45, 7) is 0.437. The number of aliphatic hydroxyl groups is 1. The minimum atomic E-state index is -0.649. The minimum absolute atomic E-state index is 0.437. The highest BCUT2D eigenvalue weighted by Gasteiger charge is 2.12. The number of nitrogens with zero attached hydrogens (tertiary/aromatic N) is 1. The summed E-state index contributed by atoms with van der Waals surface area (Å²) < 4.78 is 4.94. The molecule has 1 rings (SSSR count). The van der Waals surface area contributed by atoms with Crippen LogP contribution in [0.3, 0.4) is 0 Å². The van der Waals surface area contributed by atoms with Crippen LogP contribution in [0.15, 0.2) is 12.3 Å². The fourth-order valence-electron chi connectivity index (χ4n) is 1.10. The zero-order valence-electron chi connectivity index (χ0n) is 8.12. The highest BCUT2D eigenvalue weighted by Crippen LogP contribution is 2.24. The molecule has 0 aliphatic carbocycles. The van der Waals surface area contributed by atoms with Crippen LogP contribution < -0.4 is 10.1 Å². The lowest BCUT2D eigenvalue weighted by molar-refractivity contribution is 0.177. The number of methoxy groups -OCH3 is 1. The first-order chi connectivity index (χ1) is 6.69. The van der Waals surface area contributed by atoms with Crippen LogP contribution in [0.25, 0.3) is 0 Å². The first kappa shape index (κ1) is 11.2. The Morgan fingerprint density at radius 3 is 3.00 bits per heavy atom. The van der Waals surface area contributed by atoms with E-state index in [1.165, 1.54) is 13.3 Å². The van der Waals surface area contributed by atoms with E-state index in [2.05, 4.69) is 10.3 Å². The number of pyridine rings is 1. The van der Waals surface area contributed by atoms with Crippen molar-refractivity contribution >= 4 is 11.6 Å². The van der Waals surface area contributed by atoms with E-state index in [0.717, 1.165) is 0 Å². The summed E-state index contributed by atoms with van der Waals surface area (Å²) >= 11 is 5.88. The lowest BCUT2D eigenvalue weighted by atomic mass is 10.1. The number of rotatable bonds is 4. The Bertz CT molecular complexity index is 307. The number of aromatic nitrogens is 1. The van der Waals surface area contributed by atoms with E-state index in [0.29, 0.717) is 23.0 Å². The van der Waals surface area contributed by atoms with Gasteiger partial charge >= 0.3 is 0 Å². The van der Waals surface area contributed by atoms with Crippen LogP contribution in [-0.4, -0.2) is 30.8 Å². The van der Waals surface area contributed by atoms with Gasteiger partial charge in [0.25, 0.3) is 0 Å². The summed E-state index contributed by atoms with van der Waals surface area (Å²) in [5.74, 6) is 0.444. The molecule has 0 spiro atoms. The van der Waals surface area contributed by atoms with E-state index in [9.17, 15) is 5.11 Å². The van der Waals surface area contributed by atoms with Crippen molar-refractivity contribution in [1.29, 1.82) is 0 Å². The molecule has 0 aromatic carbocycles. The molecule has 1 unspecified atom stereocenters. The molecule has 0 bridgehead atoms. The summed E-state index contributed by atoms with van der Waals surface area (Å²) in [6.07, 6.45) is 0.818. The van der Waals surface area contributed by atoms with Crippen molar-refractivity contribution in [2.45, 2.75) is 6.10 Å². The Morgan fingerprint density at radius 2 is 2.43 bits per heavy atom. The lowest BCUT2D eigenvalue weighted by Gasteiger charge is -2.12. The van der Waals surface area contributed by atoms with Crippen LogP contribution in [0.5, 0.6) is 5.88 Å². The number of aliphatic hydroxyl groups excluding tert-OH is 1. The fraction of sp³-hybridized carbons (Fsp3) is 0.444. The summed E-state index contributed by atoms with van der Waals surface area (Å²) in [6, 6.07) is 1.63. The maximum atomic E-state index is 9.69. The van der Waals surface area contributed by atoms with E-state index in [4.69, 9.17) is 16.3 Å². The molecule has 0 radical (unpaired) electrons. The van der Waals surface area contributed by atoms with Crippen LogP contribution in [0.2, 0.25) is 5.02 Å². The highest BCUT2D eigenvalue weighted by molar-refractivity contribution is 6.31. The van der Waals surface area contributed by atoms with Crippen LogP contribution >= 0.6 is 11.6 Å². The average Bonchev–Trinajstić information content (AvgIpc) is 2.19. The Kier molecular flexibility index (Phi) is 4.13. The Morgan fingerprint density at radius 1 is 1.71 bits per heavy atom. The highest BCUT2D eigenvalue weighted by atomic mass is 35.5. The van der Waals surface area contributed by atoms with Gasteiger partial charge in [0.2, 0.25) is 5.88 Å². The molecule has 78 valence electrons. The van der Waals surface area contributed by atoms with E-state index in [-0.39, 0.29) is 0 Å². The Balaban J connectivity index is 2.93.